The summed E-state index contributed by atoms with van der Waals surface area (Å²) in [5, 5.41) is 13.6. The van der Waals surface area contributed by atoms with Gasteiger partial charge in [0.15, 0.2) is 0 Å². The number of carboxylic acids is 1. The first-order valence-electron chi connectivity index (χ1n) is 11.3. The molecule has 7 nitrogen and oxygen atoms in total. The molecule has 2 aromatic carbocycles. The highest BCUT2D eigenvalue weighted by Gasteiger charge is 2.20. The number of halogens is 2. The van der Waals surface area contributed by atoms with Gasteiger partial charge in [0.2, 0.25) is 0 Å². The van der Waals surface area contributed by atoms with Crippen LogP contribution in [-0.2, 0) is 6.54 Å². The van der Waals surface area contributed by atoms with Gasteiger partial charge in [0.1, 0.15) is 35.1 Å². The fraction of sp³-hybridized carbons (Fsp3) is 0.269. The normalized spacial score (nSPS) is 11.1. The second-order valence-electron chi connectivity index (χ2n) is 8.29. The molecule has 0 radical (unpaired) electrons. The number of benzene rings is 2. The van der Waals surface area contributed by atoms with Crippen LogP contribution in [0, 0.1) is 25.5 Å². The molecule has 35 heavy (non-hydrogen) atoms. The van der Waals surface area contributed by atoms with Gasteiger partial charge in [0.05, 0.1) is 17.8 Å². The lowest BCUT2D eigenvalue weighted by molar-refractivity contribution is 0.0687. The van der Waals surface area contributed by atoms with E-state index in [0.717, 1.165) is 28.2 Å². The first-order valence-corrected chi connectivity index (χ1v) is 11.3. The van der Waals surface area contributed by atoms with Gasteiger partial charge in [-0.3, -0.25) is 0 Å². The third kappa shape index (κ3) is 5.08. The lowest BCUT2D eigenvalue weighted by Crippen LogP contribution is -2.12. The molecule has 2 aromatic heterocycles. The highest BCUT2D eigenvalue weighted by molar-refractivity contribution is 5.92. The molecule has 0 saturated carbocycles. The maximum atomic E-state index is 14.6. The Morgan fingerprint density at radius 2 is 1.91 bits per heavy atom. The summed E-state index contributed by atoms with van der Waals surface area (Å²) in [7, 11) is 0. The molecule has 4 rings (SSSR count). The molecule has 0 saturated heterocycles. The molecule has 0 aliphatic heterocycles. The molecule has 0 unspecified atom stereocenters. The zero-order chi connectivity index (χ0) is 25.1. The van der Waals surface area contributed by atoms with Gasteiger partial charge in [0, 0.05) is 35.8 Å². The summed E-state index contributed by atoms with van der Waals surface area (Å²) in [4.78, 5) is 19.9. The molecule has 0 fully saturated rings. The van der Waals surface area contributed by atoms with E-state index in [0.29, 0.717) is 36.6 Å². The van der Waals surface area contributed by atoms with E-state index in [-0.39, 0.29) is 18.2 Å². The summed E-state index contributed by atoms with van der Waals surface area (Å²) in [5.41, 5.74) is 3.03. The third-order valence-electron chi connectivity index (χ3n) is 5.73. The zero-order valence-corrected chi connectivity index (χ0v) is 19.7. The summed E-state index contributed by atoms with van der Waals surface area (Å²) in [5.74, 6) is -2.09. The number of fused-ring (bicyclic) bond motifs is 1. The van der Waals surface area contributed by atoms with Gasteiger partial charge in [-0.15, -0.1) is 0 Å². The van der Waals surface area contributed by atoms with E-state index in [1.165, 1.54) is 24.5 Å². The number of hydrogen-bond donors (Lipinski definition) is 2. The Bertz CT molecular complexity index is 1400. The molecule has 0 atom stereocenters. The molecule has 0 aliphatic carbocycles. The second kappa shape index (κ2) is 10.1. The van der Waals surface area contributed by atoms with Crippen LogP contribution < -0.4 is 10.1 Å². The van der Waals surface area contributed by atoms with E-state index in [2.05, 4.69) is 15.3 Å². The van der Waals surface area contributed by atoms with E-state index in [9.17, 15) is 18.7 Å². The molecule has 2 heterocycles. The topological polar surface area (TPSA) is 89.3 Å². The standard InChI is InChI=1S/C26H26F2N4O3/c1-4-7-35-23-11-17(10-20(28)25(23)26(33)34)21-13-24(31-14-30-21)29-5-6-32-16(3)9-19-15(2)8-18(27)12-22(19)32/h8-14H,4-7H2,1-3H3,(H,33,34)(H,29,30,31). The largest absolute Gasteiger partial charge is 0.493 e. The maximum absolute atomic E-state index is 14.6. The van der Waals surface area contributed by atoms with Crippen LogP contribution in [0.25, 0.3) is 22.2 Å². The number of rotatable bonds is 9. The third-order valence-corrected chi connectivity index (χ3v) is 5.73. The van der Waals surface area contributed by atoms with Crippen molar-refractivity contribution in [3.63, 3.8) is 0 Å². The number of ether oxygens (including phenoxy) is 1. The first kappa shape index (κ1) is 24.1. The van der Waals surface area contributed by atoms with Crippen molar-refractivity contribution in [2.75, 3.05) is 18.5 Å². The lowest BCUT2D eigenvalue weighted by Gasteiger charge is -2.13. The molecule has 0 spiro atoms. The molecule has 182 valence electrons. The fourth-order valence-electron chi connectivity index (χ4n) is 4.09. The van der Waals surface area contributed by atoms with Crippen LogP contribution in [0.2, 0.25) is 0 Å². The predicted octanol–water partition coefficient (Wildman–Crippen LogP) is 5.59. The number of nitrogens with one attached hydrogen (secondary N) is 1. The summed E-state index contributed by atoms with van der Waals surface area (Å²) in [6.07, 6.45) is 2.00. The highest BCUT2D eigenvalue weighted by atomic mass is 19.1. The minimum absolute atomic E-state index is 0.0417. The van der Waals surface area contributed by atoms with Gasteiger partial charge in [-0.1, -0.05) is 6.92 Å². The van der Waals surface area contributed by atoms with Gasteiger partial charge in [0.25, 0.3) is 0 Å². The number of aromatic nitrogens is 3. The smallest absolute Gasteiger partial charge is 0.342 e. The van der Waals surface area contributed by atoms with Gasteiger partial charge in [-0.25, -0.2) is 23.5 Å². The number of aryl methyl sites for hydroxylation is 2. The lowest BCUT2D eigenvalue weighted by atomic mass is 10.1. The van der Waals surface area contributed by atoms with Gasteiger partial charge in [-0.2, -0.15) is 0 Å². The molecule has 0 bridgehead atoms. The van der Waals surface area contributed by atoms with Crippen molar-refractivity contribution in [1.29, 1.82) is 0 Å². The summed E-state index contributed by atoms with van der Waals surface area (Å²) in [6, 6.07) is 9.35. The van der Waals surface area contributed by atoms with Crippen molar-refractivity contribution < 1.29 is 23.4 Å². The van der Waals surface area contributed by atoms with Gasteiger partial charge >= 0.3 is 5.97 Å². The zero-order valence-electron chi connectivity index (χ0n) is 19.7. The van der Waals surface area contributed by atoms with Crippen LogP contribution in [0.15, 0.2) is 42.7 Å². The predicted molar refractivity (Wildman–Crippen MR) is 130 cm³/mol. The maximum Gasteiger partial charge on any atom is 0.342 e. The monoisotopic (exact) mass is 480 g/mol. The summed E-state index contributed by atoms with van der Waals surface area (Å²) < 4.78 is 36.1. The van der Waals surface area contributed by atoms with E-state index >= 15 is 0 Å². The van der Waals surface area contributed by atoms with Gasteiger partial charge < -0.3 is 19.7 Å². The summed E-state index contributed by atoms with van der Waals surface area (Å²) in [6.45, 7) is 7.09. The van der Waals surface area contributed by atoms with Crippen LogP contribution in [-0.4, -0.2) is 38.8 Å². The minimum Gasteiger partial charge on any atom is -0.493 e. The average molecular weight is 481 g/mol. The average Bonchev–Trinajstić information content (AvgIpc) is 3.12. The Balaban J connectivity index is 1.55. The molecule has 2 N–H and O–H groups in total. The van der Waals surface area contributed by atoms with Crippen molar-refractivity contribution in [3.8, 4) is 17.0 Å². The number of carbonyl (C=O) groups is 1. The van der Waals surface area contributed by atoms with E-state index in [1.54, 1.807) is 6.07 Å². The molecule has 0 amide bonds. The van der Waals surface area contributed by atoms with Crippen molar-refractivity contribution in [2.45, 2.75) is 33.7 Å². The number of aromatic carboxylic acids is 1. The van der Waals surface area contributed by atoms with Crippen LogP contribution >= 0.6 is 0 Å². The molecule has 4 aromatic rings. The van der Waals surface area contributed by atoms with Crippen molar-refractivity contribution in [1.82, 2.24) is 14.5 Å². The van der Waals surface area contributed by atoms with Crippen molar-refractivity contribution >= 4 is 22.7 Å². The Labute approximate surface area is 201 Å². The SMILES string of the molecule is CCCOc1cc(-c2cc(NCCn3c(C)cc4c(C)cc(F)cc43)ncn2)cc(F)c1C(=O)O. The Kier molecular flexibility index (Phi) is 6.95. The Morgan fingerprint density at radius 1 is 1.11 bits per heavy atom. The number of carboxylic acid groups (broad SMARTS) is 1. The number of anilines is 1. The molecule has 9 heteroatoms. The van der Waals surface area contributed by atoms with Crippen molar-refractivity contribution in [3.05, 3.63) is 71.2 Å². The van der Waals surface area contributed by atoms with Crippen LogP contribution in [0.5, 0.6) is 5.75 Å². The molecular weight excluding hydrogens is 454 g/mol. The molecular formula is C26H26F2N4O3. The minimum atomic E-state index is -1.40. The Morgan fingerprint density at radius 3 is 2.66 bits per heavy atom. The second-order valence-corrected chi connectivity index (χ2v) is 8.29. The van der Waals surface area contributed by atoms with Crippen LogP contribution in [0.1, 0.15) is 35.0 Å². The quantitative estimate of drug-likeness (QED) is 0.325. The fourth-order valence-corrected chi connectivity index (χ4v) is 4.09. The number of hydrogen-bond acceptors (Lipinski definition) is 5. The van der Waals surface area contributed by atoms with E-state index in [4.69, 9.17) is 4.74 Å². The van der Waals surface area contributed by atoms with Crippen LogP contribution in [0.4, 0.5) is 14.6 Å². The van der Waals surface area contributed by atoms with E-state index in [1.807, 2.05) is 31.4 Å². The van der Waals surface area contributed by atoms with E-state index < -0.39 is 17.3 Å². The van der Waals surface area contributed by atoms with Crippen molar-refractivity contribution in [2.24, 2.45) is 0 Å². The Hall–Kier alpha value is -4.01. The molecule has 0 aliphatic rings. The van der Waals surface area contributed by atoms with Crippen LogP contribution in [0.3, 0.4) is 0 Å². The first-order chi connectivity index (χ1) is 16.8. The highest BCUT2D eigenvalue weighted by Crippen LogP contribution is 2.30. The summed E-state index contributed by atoms with van der Waals surface area (Å²) >= 11 is 0. The number of nitrogens with zero attached hydrogens (tertiary/aromatic N) is 3. The van der Waals surface area contributed by atoms with Gasteiger partial charge in [-0.05, 0) is 56.2 Å².